The quantitative estimate of drug-likeness (QED) is 0.295. The lowest BCUT2D eigenvalue weighted by molar-refractivity contribution is -0.126. The molecule has 2 aliphatic heterocycles. The Morgan fingerprint density at radius 1 is 1.12 bits per heavy atom. The molecule has 3 N–H and O–H groups in total. The van der Waals surface area contributed by atoms with Crippen LogP contribution in [0, 0.1) is 24.6 Å². The van der Waals surface area contributed by atoms with Crippen molar-refractivity contribution < 1.29 is 18.7 Å². The molecule has 2 aromatic heterocycles. The Hall–Kier alpha value is -4.51. The minimum atomic E-state index is -0.450. The van der Waals surface area contributed by atoms with Gasteiger partial charge in [0.15, 0.2) is 23.0 Å². The molecule has 218 valence electrons. The van der Waals surface area contributed by atoms with E-state index in [1.807, 2.05) is 34.4 Å². The molecule has 4 heterocycles. The summed E-state index contributed by atoms with van der Waals surface area (Å²) in [5, 5.41) is 9.60. The molecule has 2 aliphatic rings. The molecule has 10 nitrogen and oxygen atoms in total. The van der Waals surface area contributed by atoms with Gasteiger partial charge in [-0.15, -0.1) is 0 Å². The van der Waals surface area contributed by atoms with Crippen molar-refractivity contribution in [2.45, 2.75) is 19.8 Å². The molecule has 0 aliphatic carbocycles. The second kappa shape index (κ2) is 11.8. The molecule has 0 saturated carbocycles. The fraction of sp³-hybridized carbons (Fsp3) is 0.355. The third kappa shape index (κ3) is 5.52. The number of halogens is 1. The number of hydrogen-bond acceptors (Lipinski definition) is 7. The summed E-state index contributed by atoms with van der Waals surface area (Å²) in [6.07, 6.45) is 6.44. The van der Waals surface area contributed by atoms with Gasteiger partial charge in [0.05, 0.1) is 19.0 Å². The van der Waals surface area contributed by atoms with E-state index in [0.29, 0.717) is 60.1 Å². The van der Waals surface area contributed by atoms with Crippen LogP contribution in [-0.2, 0) is 4.79 Å². The summed E-state index contributed by atoms with van der Waals surface area (Å²) in [4.78, 5) is 36.7. The minimum Gasteiger partial charge on any atom is -0.494 e. The number of carbonyl (C=O) groups is 2. The number of piperidine rings is 1. The molecular weight excluding hydrogens is 537 g/mol. The molecule has 0 atom stereocenters. The van der Waals surface area contributed by atoms with Crippen molar-refractivity contribution in [3.05, 3.63) is 71.9 Å². The molecule has 2 saturated heterocycles. The molecular formula is C31H34FN7O3. The number of anilines is 2. The molecule has 11 heteroatoms. The first-order chi connectivity index (χ1) is 20.4. The molecule has 2 amide bonds. The number of ether oxygens (including phenoxy) is 1. The SMILES string of the molecule is COc1ccc(-c2cnc3c(Nc4ccc(C(=O)N5CCC(C(=O)NCC6CNC6)CC5)c(C)c4)nccn23)cc1F. The Morgan fingerprint density at radius 2 is 1.93 bits per heavy atom. The molecule has 2 fully saturated rings. The number of rotatable bonds is 8. The van der Waals surface area contributed by atoms with Crippen molar-refractivity contribution in [2.24, 2.45) is 11.8 Å². The maximum atomic E-state index is 14.3. The van der Waals surface area contributed by atoms with Crippen LogP contribution in [0.2, 0.25) is 0 Å². The van der Waals surface area contributed by atoms with Gasteiger partial charge in [-0.05, 0) is 61.7 Å². The van der Waals surface area contributed by atoms with Crippen LogP contribution in [0.4, 0.5) is 15.9 Å². The van der Waals surface area contributed by atoms with Crippen LogP contribution in [-0.4, -0.2) is 70.9 Å². The van der Waals surface area contributed by atoms with E-state index in [4.69, 9.17) is 4.74 Å². The van der Waals surface area contributed by atoms with E-state index in [9.17, 15) is 14.0 Å². The summed E-state index contributed by atoms with van der Waals surface area (Å²) in [5.74, 6) is 0.824. The Labute approximate surface area is 243 Å². The molecule has 0 radical (unpaired) electrons. The maximum Gasteiger partial charge on any atom is 0.254 e. The highest BCUT2D eigenvalue weighted by Crippen LogP contribution is 2.29. The van der Waals surface area contributed by atoms with Gasteiger partial charge >= 0.3 is 0 Å². The third-order valence-corrected chi connectivity index (χ3v) is 8.18. The zero-order chi connectivity index (χ0) is 29.2. The summed E-state index contributed by atoms with van der Waals surface area (Å²) >= 11 is 0. The Bertz CT molecular complexity index is 1630. The number of aryl methyl sites for hydroxylation is 1. The molecule has 6 rings (SSSR count). The average Bonchev–Trinajstić information content (AvgIpc) is 3.41. The Balaban J connectivity index is 1.11. The van der Waals surface area contributed by atoms with Gasteiger partial charge in [-0.1, -0.05) is 0 Å². The number of hydrogen-bond donors (Lipinski definition) is 3. The second-order valence-electron chi connectivity index (χ2n) is 11.0. The van der Waals surface area contributed by atoms with E-state index < -0.39 is 5.82 Å². The van der Waals surface area contributed by atoms with Crippen molar-refractivity contribution >= 4 is 29.0 Å². The van der Waals surface area contributed by atoms with Crippen LogP contribution in [0.25, 0.3) is 16.9 Å². The summed E-state index contributed by atoms with van der Waals surface area (Å²) in [7, 11) is 1.43. The van der Waals surface area contributed by atoms with Crippen LogP contribution in [0.1, 0.15) is 28.8 Å². The van der Waals surface area contributed by atoms with Crippen LogP contribution >= 0.6 is 0 Å². The van der Waals surface area contributed by atoms with Gasteiger partial charge in [0.2, 0.25) is 5.91 Å². The van der Waals surface area contributed by atoms with Gasteiger partial charge < -0.3 is 25.6 Å². The van der Waals surface area contributed by atoms with E-state index in [-0.39, 0.29) is 23.5 Å². The van der Waals surface area contributed by atoms with Gasteiger partial charge in [0.25, 0.3) is 5.91 Å². The summed E-state index contributed by atoms with van der Waals surface area (Å²) in [6.45, 7) is 5.68. The highest BCUT2D eigenvalue weighted by Gasteiger charge is 2.29. The molecule has 0 unspecified atom stereocenters. The Morgan fingerprint density at radius 3 is 2.62 bits per heavy atom. The normalized spacial score (nSPS) is 15.8. The monoisotopic (exact) mass is 571 g/mol. The van der Waals surface area contributed by atoms with Crippen molar-refractivity contribution in [1.29, 1.82) is 0 Å². The number of benzene rings is 2. The summed E-state index contributed by atoms with van der Waals surface area (Å²) in [6, 6.07) is 10.4. The van der Waals surface area contributed by atoms with Crippen molar-refractivity contribution in [3.8, 4) is 17.0 Å². The topological polar surface area (TPSA) is 113 Å². The summed E-state index contributed by atoms with van der Waals surface area (Å²) < 4.78 is 21.2. The minimum absolute atomic E-state index is 0.0247. The number of methoxy groups -OCH3 is 1. The van der Waals surface area contributed by atoms with Gasteiger partial charge in [-0.25, -0.2) is 14.4 Å². The first-order valence-corrected chi connectivity index (χ1v) is 14.2. The predicted octanol–water partition coefficient (Wildman–Crippen LogP) is 3.78. The number of imidazole rings is 1. The standard InChI is InChI=1S/C31H34FN7O3/c1-19-13-23(4-5-24(19)31(41)38-10-7-21(8-11-38)30(40)36-17-20-15-33-16-20)37-28-29-35-18-26(39(29)12-9-34-28)22-3-6-27(42-2)25(32)14-22/h3-6,9,12-14,18,20-21,33H,7-8,10-11,15-17H2,1-2H3,(H,34,37)(H,36,40). The third-order valence-electron chi connectivity index (χ3n) is 8.18. The van der Waals surface area contributed by atoms with E-state index >= 15 is 0 Å². The predicted molar refractivity (Wildman–Crippen MR) is 157 cm³/mol. The zero-order valence-electron chi connectivity index (χ0n) is 23.7. The van der Waals surface area contributed by atoms with Crippen molar-refractivity contribution in [2.75, 3.05) is 45.2 Å². The molecule has 42 heavy (non-hydrogen) atoms. The van der Waals surface area contributed by atoms with Crippen molar-refractivity contribution in [1.82, 2.24) is 29.9 Å². The highest BCUT2D eigenvalue weighted by molar-refractivity contribution is 5.96. The smallest absolute Gasteiger partial charge is 0.254 e. The van der Waals surface area contributed by atoms with Crippen LogP contribution in [0.5, 0.6) is 5.75 Å². The number of amides is 2. The maximum absolute atomic E-state index is 14.3. The zero-order valence-corrected chi connectivity index (χ0v) is 23.7. The van der Waals surface area contributed by atoms with Crippen LogP contribution < -0.4 is 20.7 Å². The summed E-state index contributed by atoms with van der Waals surface area (Å²) in [5.41, 5.74) is 4.19. The fourth-order valence-corrected chi connectivity index (χ4v) is 5.56. The first kappa shape index (κ1) is 27.6. The van der Waals surface area contributed by atoms with E-state index in [1.54, 1.807) is 30.7 Å². The van der Waals surface area contributed by atoms with Crippen molar-refractivity contribution in [3.63, 3.8) is 0 Å². The lowest BCUT2D eigenvalue weighted by Crippen LogP contribution is -2.50. The number of fused-ring (bicyclic) bond motifs is 1. The van der Waals surface area contributed by atoms with Crippen LogP contribution in [0.15, 0.2) is 55.0 Å². The number of aromatic nitrogens is 3. The second-order valence-corrected chi connectivity index (χ2v) is 11.0. The van der Waals surface area contributed by atoms with Gasteiger partial charge in [0.1, 0.15) is 0 Å². The van der Waals surface area contributed by atoms with Gasteiger partial charge in [-0.2, -0.15) is 0 Å². The lowest BCUT2D eigenvalue weighted by atomic mass is 9.94. The van der Waals surface area contributed by atoms with E-state index in [1.165, 1.54) is 13.2 Å². The lowest BCUT2D eigenvalue weighted by Gasteiger charge is -2.33. The Kier molecular flexibility index (Phi) is 7.75. The largest absolute Gasteiger partial charge is 0.494 e. The molecule has 2 aromatic carbocycles. The van der Waals surface area contributed by atoms with Gasteiger partial charge in [0, 0.05) is 73.8 Å². The molecule has 0 bridgehead atoms. The number of carbonyl (C=O) groups excluding carboxylic acids is 2. The number of nitrogens with one attached hydrogen (secondary N) is 3. The fourth-order valence-electron chi connectivity index (χ4n) is 5.56. The van der Waals surface area contributed by atoms with Gasteiger partial charge in [-0.3, -0.25) is 14.0 Å². The number of likely N-dealkylation sites (tertiary alicyclic amines) is 1. The number of nitrogens with zero attached hydrogens (tertiary/aromatic N) is 4. The van der Waals surface area contributed by atoms with Crippen LogP contribution in [0.3, 0.4) is 0 Å². The molecule has 4 aromatic rings. The highest BCUT2D eigenvalue weighted by atomic mass is 19.1. The van der Waals surface area contributed by atoms with E-state index in [2.05, 4.69) is 25.9 Å². The molecule has 0 spiro atoms. The average molecular weight is 572 g/mol. The van der Waals surface area contributed by atoms with E-state index in [0.717, 1.165) is 30.9 Å². The first-order valence-electron chi connectivity index (χ1n) is 14.2.